The van der Waals surface area contributed by atoms with Crippen molar-refractivity contribution in [3.63, 3.8) is 0 Å². The summed E-state index contributed by atoms with van der Waals surface area (Å²) in [5.74, 6) is 0.559. The number of benzene rings is 3. The van der Waals surface area contributed by atoms with Gasteiger partial charge < -0.3 is 24.8 Å². The Balaban J connectivity index is 0.00000276. The van der Waals surface area contributed by atoms with Crippen LogP contribution in [0.4, 0.5) is 13.2 Å². The van der Waals surface area contributed by atoms with Gasteiger partial charge in [-0.15, -0.1) is 0 Å². The minimum Gasteiger partial charge on any atom is -1.00 e. The van der Waals surface area contributed by atoms with E-state index in [9.17, 15) is 13.2 Å². The van der Waals surface area contributed by atoms with Crippen LogP contribution in [-0.4, -0.2) is 4.21 Å². The first-order valence-electron chi connectivity index (χ1n) is 15.5. The SMILES string of the molecule is [CH2]=[Zr+2]([C]1=C(C)C(C(C)C)=CC1C)([c]1ccc(C(F)(F)F)cc1)[CH]1c2cc(C(C)(C)C)ccc2-c2ccc(C(C)(C)C)cc21.[Cl-].[Cl-]. The van der Waals surface area contributed by atoms with Crippen LogP contribution >= 0.6 is 0 Å². The maximum Gasteiger partial charge on any atom is -1.00 e. The van der Waals surface area contributed by atoms with Gasteiger partial charge in [0.15, 0.2) is 0 Å². The van der Waals surface area contributed by atoms with Crippen LogP contribution in [0.25, 0.3) is 11.1 Å². The predicted molar refractivity (Wildman–Crippen MR) is 174 cm³/mol. The van der Waals surface area contributed by atoms with Gasteiger partial charge in [-0.25, -0.2) is 0 Å². The number of hydrogen-bond donors (Lipinski definition) is 0. The van der Waals surface area contributed by atoms with E-state index >= 15 is 0 Å². The summed E-state index contributed by atoms with van der Waals surface area (Å²) < 4.78 is 49.1. The van der Waals surface area contributed by atoms with Gasteiger partial charge in [0.05, 0.1) is 0 Å². The van der Waals surface area contributed by atoms with Gasteiger partial charge in [-0.2, -0.15) is 0 Å². The summed E-state index contributed by atoms with van der Waals surface area (Å²) in [6.45, 7) is 22.4. The van der Waals surface area contributed by atoms with E-state index < -0.39 is 31.5 Å². The van der Waals surface area contributed by atoms with E-state index in [4.69, 9.17) is 4.21 Å². The van der Waals surface area contributed by atoms with Crippen molar-refractivity contribution in [1.29, 1.82) is 0 Å². The van der Waals surface area contributed by atoms with Crippen molar-refractivity contribution in [3.8, 4) is 11.1 Å². The van der Waals surface area contributed by atoms with Crippen molar-refractivity contribution in [2.45, 2.75) is 89.9 Å². The summed E-state index contributed by atoms with van der Waals surface area (Å²) in [6, 6.07) is 20.0. The van der Waals surface area contributed by atoms with Crippen LogP contribution in [-0.2, 0) is 36.8 Å². The molecule has 0 saturated heterocycles. The summed E-state index contributed by atoms with van der Waals surface area (Å²) in [7, 11) is 0. The van der Waals surface area contributed by atoms with Crippen molar-refractivity contribution < 1.29 is 57.8 Å². The van der Waals surface area contributed by atoms with Gasteiger partial charge in [0, 0.05) is 0 Å². The first-order valence-corrected chi connectivity index (χ1v) is 21.1. The summed E-state index contributed by atoms with van der Waals surface area (Å²) in [5.41, 5.74) is 9.59. The van der Waals surface area contributed by atoms with Crippen LogP contribution in [0.5, 0.6) is 0 Å². The molecule has 0 aliphatic heterocycles. The van der Waals surface area contributed by atoms with E-state index in [-0.39, 0.29) is 45.2 Å². The molecular weight excluding hydrogens is 688 g/mol. The maximum atomic E-state index is 13.8. The monoisotopic (exact) mass is 731 g/mol. The summed E-state index contributed by atoms with van der Waals surface area (Å²) in [6.07, 6.45) is -1.99. The number of alkyl halides is 3. The first-order chi connectivity index (χ1) is 19.8. The van der Waals surface area contributed by atoms with E-state index in [2.05, 4.69) is 112 Å². The minimum atomic E-state index is -4.38. The van der Waals surface area contributed by atoms with E-state index in [1.807, 2.05) is 0 Å². The molecule has 0 bridgehead atoms. The molecule has 0 nitrogen and oxygen atoms in total. The van der Waals surface area contributed by atoms with E-state index in [0.29, 0.717) is 5.92 Å². The molecule has 0 amide bonds. The molecule has 0 N–H and O–H groups in total. The average molecular weight is 734 g/mol. The number of fused-ring (bicyclic) bond motifs is 3. The molecule has 0 radical (unpaired) electrons. The number of halogens is 5. The van der Waals surface area contributed by atoms with Gasteiger partial charge >= 0.3 is 262 Å². The molecule has 0 aromatic heterocycles. The Kier molecular flexibility index (Phi) is 10.6. The number of hydrogen-bond acceptors (Lipinski definition) is 0. The van der Waals surface area contributed by atoms with Gasteiger partial charge in [0.2, 0.25) is 0 Å². The van der Waals surface area contributed by atoms with Gasteiger partial charge in [0.1, 0.15) is 0 Å². The third kappa shape index (κ3) is 6.55. The Morgan fingerprint density at radius 3 is 1.49 bits per heavy atom. The van der Waals surface area contributed by atoms with Crippen molar-refractivity contribution >= 4 is 7.48 Å². The fourth-order valence-electron chi connectivity index (χ4n) is 7.50. The largest absolute Gasteiger partial charge is 1.00 e. The third-order valence-electron chi connectivity index (χ3n) is 9.79. The molecule has 2 atom stereocenters. The van der Waals surface area contributed by atoms with Crippen LogP contribution in [0.15, 0.2) is 81.2 Å². The molecule has 3 aromatic carbocycles. The molecular formula is C39H46Cl2F3Zr. The Labute approximate surface area is 285 Å². The van der Waals surface area contributed by atoms with Crippen LogP contribution in [0, 0.1) is 11.8 Å². The Morgan fingerprint density at radius 1 is 0.711 bits per heavy atom. The van der Waals surface area contributed by atoms with Crippen molar-refractivity contribution in [3.05, 3.63) is 109 Å². The molecule has 0 heterocycles. The minimum absolute atomic E-state index is 0. The molecule has 2 aliphatic rings. The molecule has 2 aliphatic carbocycles. The second-order valence-electron chi connectivity index (χ2n) is 15.2. The van der Waals surface area contributed by atoms with Crippen LogP contribution in [0.1, 0.15) is 101 Å². The smallest absolute Gasteiger partial charge is 1.00 e. The van der Waals surface area contributed by atoms with E-state index in [1.54, 1.807) is 12.1 Å². The normalized spacial score (nSPS) is 17.5. The first kappa shape index (κ1) is 37.7. The van der Waals surface area contributed by atoms with Crippen molar-refractivity contribution in [2.24, 2.45) is 11.8 Å². The van der Waals surface area contributed by atoms with Gasteiger partial charge in [-0.05, 0) is 0 Å². The Hall–Kier alpha value is -1.74. The molecule has 0 fully saturated rings. The molecule has 0 spiro atoms. The second-order valence-corrected chi connectivity index (χ2v) is 24.1. The topological polar surface area (TPSA) is 0 Å². The molecule has 3 aromatic rings. The molecule has 2 unspecified atom stereocenters. The van der Waals surface area contributed by atoms with E-state index in [0.717, 1.165) is 3.27 Å². The van der Waals surface area contributed by atoms with Gasteiger partial charge in [0.25, 0.3) is 0 Å². The Bertz CT molecular complexity index is 1630. The zero-order valence-electron chi connectivity index (χ0n) is 28.2. The molecule has 5 rings (SSSR count). The molecule has 241 valence electrons. The Morgan fingerprint density at radius 2 is 1.13 bits per heavy atom. The predicted octanol–water partition coefficient (Wildman–Crippen LogP) is 4.80. The summed E-state index contributed by atoms with van der Waals surface area (Å²) in [4.78, 5) is 0. The summed E-state index contributed by atoms with van der Waals surface area (Å²) in [5, 5.41) is 0. The van der Waals surface area contributed by atoms with Gasteiger partial charge in [-0.3, -0.25) is 0 Å². The third-order valence-corrected chi connectivity index (χ3v) is 21.5. The number of rotatable bonds is 4. The average Bonchev–Trinajstić information content (AvgIpc) is 3.40. The van der Waals surface area contributed by atoms with Crippen LogP contribution in [0.2, 0.25) is 0 Å². The zero-order valence-corrected chi connectivity index (χ0v) is 32.1. The second kappa shape index (κ2) is 12.7. The maximum absolute atomic E-state index is 13.8. The van der Waals surface area contributed by atoms with Crippen LogP contribution < -0.4 is 28.1 Å². The van der Waals surface area contributed by atoms with E-state index in [1.165, 1.54) is 59.9 Å². The molecule has 45 heavy (non-hydrogen) atoms. The molecule has 0 saturated carbocycles. The fourth-order valence-corrected chi connectivity index (χ4v) is 19.7. The van der Waals surface area contributed by atoms with Gasteiger partial charge in [-0.1, -0.05) is 0 Å². The standard InChI is InChI=1S/C21H25.C10H15.C7H4F3.CH2.2ClH.Zr/c1-20(2,3)16-7-9-18-14(12-16)11-15-13-17(21(4,5)6)8-10-19(15)18;1-7(2)10-6-8(3)5-9(10)4;8-7(9,10)6-4-2-1-3-5-6;;;;/h7-13H,1-6H3;6-8H,1-4H3;2-5H;1H2;2*1H;/q;;;;;;+2/p-2. The zero-order chi connectivity index (χ0) is 31.9. The fraction of sp³-hybridized carbons (Fsp3) is 0.410. The van der Waals surface area contributed by atoms with Crippen molar-refractivity contribution in [2.75, 3.05) is 0 Å². The van der Waals surface area contributed by atoms with Crippen molar-refractivity contribution in [1.82, 2.24) is 0 Å². The quantitative estimate of drug-likeness (QED) is 0.362. The molecule has 6 heteroatoms. The number of allylic oxidation sites excluding steroid dienone is 4. The summed E-state index contributed by atoms with van der Waals surface area (Å²) >= 11 is -4.12. The van der Waals surface area contributed by atoms with Crippen LogP contribution in [0.3, 0.4) is 0 Å².